The van der Waals surface area contributed by atoms with Crippen molar-refractivity contribution in [3.05, 3.63) is 291 Å². The maximum Gasteiger partial charge on any atom is 0.422 e. The number of alkyl halides is 1. The van der Waals surface area contributed by atoms with E-state index < -0.39 is 81.4 Å². The van der Waals surface area contributed by atoms with Gasteiger partial charge in [0.15, 0.2) is 13.2 Å². The molecule has 0 unspecified atom stereocenters. The molecule has 0 aliphatic rings. The molecular formula is C79H85BrN6O29. The normalized spacial score (nSPS) is 9.84. The minimum absolute atomic E-state index is 0. The van der Waals surface area contributed by atoms with Gasteiger partial charge in [-0.15, -0.1) is 0 Å². The Morgan fingerprint density at radius 3 is 1.15 bits per heavy atom. The van der Waals surface area contributed by atoms with E-state index >= 15 is 0 Å². The number of carbonyl (C=O) groups is 4. The summed E-state index contributed by atoms with van der Waals surface area (Å²) in [4.78, 5) is 158. The van der Waals surface area contributed by atoms with Crippen LogP contribution in [0.3, 0.4) is 0 Å². The predicted molar refractivity (Wildman–Crippen MR) is 432 cm³/mol. The molecule has 0 atom stereocenters. The monoisotopic (exact) mass is 1660 g/mol. The minimum atomic E-state index is -1.11. The van der Waals surface area contributed by atoms with Crippen molar-refractivity contribution in [2.24, 2.45) is 28.2 Å². The van der Waals surface area contributed by atoms with Crippen LogP contribution in [-0.4, -0.2) is 102 Å². The second-order valence-electron chi connectivity index (χ2n) is 22.2. The molecule has 5 aromatic heterocycles. The molecule has 0 spiro atoms. The fourth-order valence-corrected chi connectivity index (χ4v) is 9.44. The van der Waals surface area contributed by atoms with Gasteiger partial charge >= 0.3 is 80.8 Å². The van der Waals surface area contributed by atoms with Crippen molar-refractivity contribution >= 4 is 100 Å². The first-order chi connectivity index (χ1) is 52.4. The second-order valence-corrected chi connectivity index (χ2v) is 22.7. The minimum Gasteiger partial charge on any atom is -0.508 e. The molecule has 35 nitrogen and oxygen atoms in total. The zero-order valence-electron chi connectivity index (χ0n) is 58.9. The number of aromatic hydroxyl groups is 1. The first kappa shape index (κ1) is 96.5. The van der Waals surface area contributed by atoms with E-state index in [2.05, 4.69) is 43.0 Å². The number of phenolic OH excluding ortho intramolecular Hbond substituents is 1. The van der Waals surface area contributed by atoms with Crippen molar-refractivity contribution in [3.63, 3.8) is 0 Å². The lowest BCUT2D eigenvalue weighted by molar-refractivity contribution is -0.147. The first-order valence-electron chi connectivity index (χ1n) is 31.5. The van der Waals surface area contributed by atoms with Gasteiger partial charge in [-0.3, -0.25) is 28.0 Å². The molecule has 612 valence electrons. The lowest BCUT2D eigenvalue weighted by atomic mass is 10.2. The lowest BCUT2D eigenvalue weighted by Crippen LogP contribution is -2.22. The number of carbonyl (C=O) groups excluding carboxylic acids is 2. The fourth-order valence-electron chi connectivity index (χ4n) is 9.28. The number of ether oxygens (including phenoxy) is 7. The zero-order valence-corrected chi connectivity index (χ0v) is 60.5. The SMILES string of the molecule is C.C.C.C.C.COc1ccc(C(=O)O)c(N)c1.COc1ccc2c(=O)oc(=O)[nH]c2c1.COc1ccc2c(=O)oc(=O)n(C)c2c1.Cn1c(=O)oc(=O)c2ccc(O)cc21.Cn1c(=O)oc(=O)c2ccc(OCC(=O)O)cc21.Cn1c(=O)oc(=O)c2ccc(OCC(=O)OCc3ccccc3)cc21.O=C(CBr)OCc1ccccc1. The van der Waals surface area contributed by atoms with Crippen LogP contribution in [0.15, 0.2) is 240 Å². The lowest BCUT2D eigenvalue weighted by Gasteiger charge is -2.09. The average molecular weight is 1660 g/mol. The molecule has 36 heteroatoms. The molecule has 115 heavy (non-hydrogen) atoms. The molecule has 0 aliphatic carbocycles. The summed E-state index contributed by atoms with van der Waals surface area (Å²) in [5, 5.41) is 28.0. The van der Waals surface area contributed by atoms with Gasteiger partial charge < -0.3 is 76.3 Å². The van der Waals surface area contributed by atoms with Gasteiger partial charge in [0.1, 0.15) is 53.0 Å². The van der Waals surface area contributed by atoms with Gasteiger partial charge in [0.05, 0.1) is 81.4 Å². The largest absolute Gasteiger partial charge is 0.508 e. The summed E-state index contributed by atoms with van der Waals surface area (Å²) in [7, 11) is 10.4. The van der Waals surface area contributed by atoms with E-state index in [0.29, 0.717) is 68.0 Å². The number of aromatic carboxylic acids is 1. The molecule has 6 N–H and O–H groups in total. The Morgan fingerprint density at radius 2 is 0.757 bits per heavy atom. The summed E-state index contributed by atoms with van der Waals surface area (Å²) in [6.07, 6.45) is 0. The highest BCUT2D eigenvalue weighted by Gasteiger charge is 2.14. The number of carboxylic acids is 2. The molecule has 0 bridgehead atoms. The van der Waals surface area contributed by atoms with Crippen molar-refractivity contribution in [3.8, 4) is 34.5 Å². The number of aromatic nitrogens is 5. The number of esters is 2. The number of rotatable bonds is 15. The van der Waals surface area contributed by atoms with Crippen molar-refractivity contribution in [1.82, 2.24) is 23.3 Å². The van der Waals surface area contributed by atoms with Gasteiger partial charge in [-0.1, -0.05) is 114 Å². The summed E-state index contributed by atoms with van der Waals surface area (Å²) < 4.78 is 62.3. The van der Waals surface area contributed by atoms with E-state index in [1.54, 1.807) is 36.4 Å². The van der Waals surface area contributed by atoms with Crippen LogP contribution in [-0.2, 0) is 65.3 Å². The summed E-state index contributed by atoms with van der Waals surface area (Å²) in [6, 6.07) is 45.8. The maximum atomic E-state index is 11.8. The van der Waals surface area contributed by atoms with Crippen LogP contribution in [0, 0.1) is 0 Å². The van der Waals surface area contributed by atoms with E-state index in [4.69, 9.17) is 49.1 Å². The number of phenols is 1. The molecule has 0 fully saturated rings. The van der Waals surface area contributed by atoms with Crippen LogP contribution >= 0.6 is 15.9 Å². The predicted octanol–water partition coefficient (Wildman–Crippen LogP) is 9.04. The highest BCUT2D eigenvalue weighted by Crippen LogP contribution is 2.22. The number of halogens is 1. The number of nitrogens with one attached hydrogen (secondary N) is 1. The third-order valence-electron chi connectivity index (χ3n) is 14.9. The summed E-state index contributed by atoms with van der Waals surface area (Å²) in [5.74, 6) is -4.35. The Bertz CT molecular complexity index is 6160. The van der Waals surface area contributed by atoms with Gasteiger partial charge in [-0.2, -0.15) is 0 Å². The summed E-state index contributed by atoms with van der Waals surface area (Å²) in [5.41, 5.74) is 6.14. The van der Waals surface area contributed by atoms with Crippen molar-refractivity contribution in [1.29, 1.82) is 0 Å². The number of hydrogen-bond acceptors (Lipinski definition) is 28. The smallest absolute Gasteiger partial charge is 0.422 e. The van der Waals surface area contributed by atoms with Crippen LogP contribution in [0.25, 0.3) is 54.5 Å². The number of hydrogen-bond donors (Lipinski definition) is 5. The molecule has 0 amide bonds. The van der Waals surface area contributed by atoms with E-state index in [-0.39, 0.29) is 101 Å². The zero-order chi connectivity index (χ0) is 80.5. The van der Waals surface area contributed by atoms with Crippen LogP contribution < -0.4 is 86.3 Å². The number of H-pyrrole nitrogens is 1. The van der Waals surface area contributed by atoms with Crippen LogP contribution in [0.2, 0.25) is 0 Å². The van der Waals surface area contributed by atoms with Gasteiger partial charge in [-0.05, 0) is 83.9 Å². The third-order valence-corrected chi connectivity index (χ3v) is 15.4. The number of benzene rings is 8. The highest BCUT2D eigenvalue weighted by molar-refractivity contribution is 9.09. The Morgan fingerprint density at radius 1 is 0.417 bits per heavy atom. The number of aryl methyl sites for hydroxylation is 4. The standard InChI is InChI=1S/C18H15NO6.C11H9NO6.C10H9NO4.C9H9BrO2.2C9H7NO4.C8H9NO3.5CH4/c1-19-15-9-13(7-8-14(15)17(21)25-18(19)22)23-11-16(20)24-10-12-5-3-2-4-6-12;1-12-8-4-6(17-5-9(13)14)2-3-7(8)10(15)18-11(12)16;1-11-8-5-6(14-2)3-4-7(8)9(12)15-10(11)13;10-6-9(11)12-7-8-4-2-1-3-5-8;1-13-5-2-3-6-7(4-5)10-9(12)14-8(6)11;1-10-7-4-5(11)2-3-6(7)8(12)14-9(10)13;1-12-5-2-3-6(8(10)11)7(9)4-5;;;;;/h2-9H,10-11H2,1H3;2-4H,5H2,1H3,(H,13,14);3-5H,1-2H3;1-5H,6-7H2;2-4H,1H3,(H,10,12);2-4,11H,1H3;2-4H,9H2,1H3,(H,10,11);5*1H4. The third kappa shape index (κ3) is 26.9. The quantitative estimate of drug-likeness (QED) is 0.0363. The number of nitrogen functional groups attached to an aromatic ring is 1. The Kier molecular flexibility index (Phi) is 38.2. The number of anilines is 1. The number of fused-ring (bicyclic) bond motifs is 5. The Balaban J connectivity index is 0.000000459. The summed E-state index contributed by atoms with van der Waals surface area (Å²) in [6.45, 7) is -0.268. The molecule has 13 aromatic rings. The molecule has 0 saturated carbocycles. The molecule has 5 heterocycles. The average Bonchev–Trinajstić information content (AvgIpc) is 0.817. The fraction of sp³-hybridized carbons (Fsp3) is 0.215. The number of nitrogens with two attached hydrogens (primary N) is 1. The highest BCUT2D eigenvalue weighted by atomic mass is 79.9. The number of aromatic amines is 1. The second kappa shape index (κ2) is 45.5. The van der Waals surface area contributed by atoms with E-state index in [0.717, 1.165) is 20.3 Å². The summed E-state index contributed by atoms with van der Waals surface area (Å²) >= 11 is 3.01. The molecule has 0 aliphatic heterocycles. The van der Waals surface area contributed by atoms with Crippen molar-refractivity contribution in [2.75, 3.05) is 45.6 Å². The Labute approximate surface area is 660 Å². The van der Waals surface area contributed by atoms with Gasteiger partial charge in [-0.25, -0.2) is 62.3 Å². The van der Waals surface area contributed by atoms with E-state index in [1.165, 1.54) is 131 Å². The van der Waals surface area contributed by atoms with Gasteiger partial charge in [0.2, 0.25) is 0 Å². The number of methoxy groups -OCH3 is 3. The number of nitrogens with zero attached hydrogens (tertiary/aromatic N) is 4. The van der Waals surface area contributed by atoms with Crippen LogP contribution in [0.1, 0.15) is 58.6 Å². The Hall–Kier alpha value is -14.6. The van der Waals surface area contributed by atoms with Crippen molar-refractivity contribution < 1.29 is 89.7 Å². The number of carboxylic acid groups (broad SMARTS) is 2. The molecule has 13 rings (SSSR count). The van der Waals surface area contributed by atoms with E-state index in [1.807, 2.05) is 60.7 Å². The molecule has 0 saturated heterocycles. The van der Waals surface area contributed by atoms with Gasteiger partial charge in [0.25, 0.3) is 0 Å². The molecular weight excluding hydrogens is 1580 g/mol. The van der Waals surface area contributed by atoms with Crippen LogP contribution in [0.5, 0.6) is 34.5 Å². The van der Waals surface area contributed by atoms with Crippen LogP contribution in [0.4, 0.5) is 5.69 Å². The maximum absolute atomic E-state index is 11.8. The van der Waals surface area contributed by atoms with Gasteiger partial charge in [0, 0.05) is 70.3 Å². The first-order valence-corrected chi connectivity index (χ1v) is 32.7. The topological polar surface area (TPSA) is 492 Å². The molecule has 0 radical (unpaired) electrons. The van der Waals surface area contributed by atoms with E-state index in [9.17, 15) is 72.2 Å². The molecule has 8 aromatic carbocycles. The van der Waals surface area contributed by atoms with Crippen molar-refractivity contribution in [2.45, 2.75) is 50.3 Å². The number of aliphatic carboxylic acids is 1.